The third-order valence-electron chi connectivity index (χ3n) is 5.72. The van der Waals surface area contributed by atoms with Crippen molar-refractivity contribution in [1.82, 2.24) is 9.30 Å². The van der Waals surface area contributed by atoms with E-state index in [4.69, 9.17) is 11.5 Å². The molecule has 1 saturated heterocycles. The first kappa shape index (κ1) is 22.3. The van der Waals surface area contributed by atoms with Crippen LogP contribution >= 0.6 is 23.1 Å². The van der Waals surface area contributed by atoms with Crippen LogP contribution in [-0.4, -0.2) is 61.1 Å². The number of rotatable bonds is 8. The molecule has 2 aliphatic rings. The van der Waals surface area contributed by atoms with Crippen molar-refractivity contribution in [2.75, 3.05) is 5.75 Å². The molecule has 6 N–H and O–H groups in total. The number of aromatic nitrogens is 2. The van der Waals surface area contributed by atoms with E-state index < -0.39 is 41.8 Å². The van der Waals surface area contributed by atoms with E-state index in [9.17, 15) is 29.4 Å². The highest BCUT2D eigenvalue weighted by Gasteiger charge is 2.60. The maximum Gasteiger partial charge on any atom is 0.352 e. The monoisotopic (exact) mass is 480 g/mol. The molecule has 4 rings (SSSR count). The zero-order valence-corrected chi connectivity index (χ0v) is 18.9. The molecule has 0 radical (unpaired) electrons. The lowest BCUT2D eigenvalue weighted by molar-refractivity contribution is -0.717. The summed E-state index contributed by atoms with van der Waals surface area (Å²) in [4.78, 5) is 50.0. The van der Waals surface area contributed by atoms with Gasteiger partial charge in [-0.15, -0.1) is 0 Å². The van der Waals surface area contributed by atoms with Crippen LogP contribution in [0.1, 0.15) is 18.7 Å². The molecule has 2 aromatic rings. The second kappa shape index (κ2) is 7.90. The maximum absolute atomic E-state index is 12.6. The number of carbonyl (C=O) groups excluding carboxylic acids is 3. The van der Waals surface area contributed by atoms with Gasteiger partial charge in [0.05, 0.1) is 28.7 Å². The molecule has 13 heteroatoms. The summed E-state index contributed by atoms with van der Waals surface area (Å²) in [6.07, 6.45) is 2.49. The number of thioether (sulfide) groups is 1. The summed E-state index contributed by atoms with van der Waals surface area (Å²) in [5.74, 6) is -3.65. The minimum atomic E-state index is -1.21. The van der Waals surface area contributed by atoms with Gasteiger partial charge in [-0.2, -0.15) is 4.40 Å². The van der Waals surface area contributed by atoms with Gasteiger partial charge in [0.1, 0.15) is 11.9 Å². The molecule has 1 fully saturated rings. The van der Waals surface area contributed by atoms with Crippen molar-refractivity contribution >= 4 is 57.2 Å². The normalized spacial score (nSPS) is 23.4. The molecule has 0 aliphatic carbocycles. The fourth-order valence-electron chi connectivity index (χ4n) is 4.52. The fourth-order valence-corrected chi connectivity index (χ4v) is 6.78. The zero-order chi connectivity index (χ0) is 23.5. The Labute approximate surface area is 190 Å². The minimum Gasteiger partial charge on any atom is -0.477 e. The van der Waals surface area contributed by atoms with Gasteiger partial charge in [-0.3, -0.25) is 14.4 Å². The van der Waals surface area contributed by atoms with Gasteiger partial charge in [0.2, 0.25) is 21.7 Å². The lowest BCUT2D eigenvalue weighted by atomic mass is 9.77. The molecule has 11 nitrogen and oxygen atoms in total. The molecular weight excluding hydrogens is 458 g/mol. The average molecular weight is 481 g/mol. The highest BCUT2D eigenvalue weighted by Crippen LogP contribution is 2.51. The molecule has 4 heterocycles. The number of carbonyl (C=O) groups is 4. The molecule has 0 saturated carbocycles. The number of fused-ring (bicyclic) bond motifs is 2. The average Bonchev–Trinajstić information content (AvgIpc) is 3.27. The van der Waals surface area contributed by atoms with E-state index in [1.165, 1.54) is 23.2 Å². The highest BCUT2D eigenvalue weighted by atomic mass is 32.2. The summed E-state index contributed by atoms with van der Waals surface area (Å²) >= 11 is 2.44. The van der Waals surface area contributed by atoms with Crippen molar-refractivity contribution in [2.45, 2.75) is 37.6 Å². The number of primary amides is 2. The van der Waals surface area contributed by atoms with E-state index >= 15 is 0 Å². The van der Waals surface area contributed by atoms with Crippen LogP contribution in [0, 0.1) is 11.8 Å². The van der Waals surface area contributed by atoms with Crippen LogP contribution in [0.25, 0.3) is 10.4 Å². The molecule has 170 valence electrons. The summed E-state index contributed by atoms with van der Waals surface area (Å²) in [6.45, 7) is 3.28. The Morgan fingerprint density at radius 1 is 1.31 bits per heavy atom. The standard InChI is InChI=1S/C19H21N5O6S2/c1-7-12(15(19(29)30)24-14(7)13(8(2)25)16(24)28)9-3-22-6-23(4-10(20)26)17(18(22)32-9)31-5-11(21)27/h3,6-8,13-14,25H,4-5H2,1-2H3,(H4-,20,21,26,27,29,30)/p+1/t7-,8+,13?,14-/m0/s1. The number of amides is 3. The quantitative estimate of drug-likeness (QED) is 0.213. The van der Waals surface area contributed by atoms with Gasteiger partial charge < -0.3 is 26.6 Å². The number of thiazole rings is 1. The Bertz CT molecular complexity index is 1200. The lowest BCUT2D eigenvalue weighted by Gasteiger charge is -2.46. The van der Waals surface area contributed by atoms with E-state index in [1.54, 1.807) is 21.5 Å². The first-order valence-corrected chi connectivity index (χ1v) is 11.6. The molecule has 2 aromatic heterocycles. The SMILES string of the molecule is C[C@@H](O)C1C(=O)N2C(C(=O)O)=C(c3cn4c[n+](CC(N)=O)c(SCC(N)=O)c4s3)[C@H](C)[C@@H]12. The van der Waals surface area contributed by atoms with Crippen LogP contribution in [0.4, 0.5) is 0 Å². The maximum atomic E-state index is 12.6. The van der Waals surface area contributed by atoms with Crippen molar-refractivity contribution in [1.29, 1.82) is 0 Å². The number of nitrogens with zero attached hydrogens (tertiary/aromatic N) is 3. The van der Waals surface area contributed by atoms with Crippen molar-refractivity contribution in [3.63, 3.8) is 0 Å². The number of nitrogens with two attached hydrogens (primary N) is 2. The Morgan fingerprint density at radius 2 is 2.00 bits per heavy atom. The van der Waals surface area contributed by atoms with Crippen LogP contribution in [0.5, 0.6) is 0 Å². The van der Waals surface area contributed by atoms with Gasteiger partial charge in [0.15, 0.2) is 6.54 Å². The fraction of sp³-hybridized carbons (Fsp3) is 0.421. The number of hydrogen-bond donors (Lipinski definition) is 4. The summed E-state index contributed by atoms with van der Waals surface area (Å²) in [6, 6.07) is -0.423. The number of aliphatic hydroxyl groups is 1. The van der Waals surface area contributed by atoms with Crippen molar-refractivity contribution < 1.29 is 34.0 Å². The third-order valence-corrected chi connectivity index (χ3v) is 8.12. The molecule has 32 heavy (non-hydrogen) atoms. The number of hydrogen-bond acceptors (Lipinski definition) is 7. The molecular formula is C19H22N5O6S2+. The molecule has 0 bridgehead atoms. The van der Waals surface area contributed by atoms with Gasteiger partial charge >= 0.3 is 5.97 Å². The minimum absolute atomic E-state index is 0.00837. The van der Waals surface area contributed by atoms with Gasteiger partial charge in [-0.25, -0.2) is 9.36 Å². The van der Waals surface area contributed by atoms with E-state index in [1.807, 2.05) is 6.92 Å². The Hall–Kier alpha value is -2.90. The second-order valence-electron chi connectivity index (χ2n) is 7.90. The number of carboxylic acid groups (broad SMARTS) is 1. The molecule has 2 aliphatic heterocycles. The smallest absolute Gasteiger partial charge is 0.352 e. The first-order valence-electron chi connectivity index (χ1n) is 9.75. The van der Waals surface area contributed by atoms with Crippen molar-refractivity contribution in [3.05, 3.63) is 23.1 Å². The van der Waals surface area contributed by atoms with E-state index in [-0.39, 0.29) is 23.9 Å². The third kappa shape index (κ3) is 3.36. The number of aliphatic hydroxyl groups excluding tert-OH is 1. The zero-order valence-electron chi connectivity index (χ0n) is 17.2. The molecule has 0 spiro atoms. The summed E-state index contributed by atoms with van der Waals surface area (Å²) in [5.41, 5.74) is 11.0. The molecule has 1 unspecified atom stereocenters. The van der Waals surface area contributed by atoms with Crippen LogP contribution in [-0.2, 0) is 25.7 Å². The van der Waals surface area contributed by atoms with Crippen LogP contribution < -0.4 is 16.0 Å². The van der Waals surface area contributed by atoms with Gasteiger partial charge in [0.25, 0.3) is 12.2 Å². The van der Waals surface area contributed by atoms with E-state index in [0.717, 1.165) is 11.8 Å². The van der Waals surface area contributed by atoms with Gasteiger partial charge in [0, 0.05) is 11.5 Å². The predicted molar refractivity (Wildman–Crippen MR) is 114 cm³/mol. The Balaban J connectivity index is 1.81. The predicted octanol–water partition coefficient (Wildman–Crippen LogP) is -0.996. The van der Waals surface area contributed by atoms with Crippen LogP contribution in [0.2, 0.25) is 0 Å². The van der Waals surface area contributed by atoms with Crippen LogP contribution in [0.3, 0.4) is 0 Å². The number of imidazole rings is 1. The van der Waals surface area contributed by atoms with Gasteiger partial charge in [-0.05, 0) is 6.92 Å². The Kier molecular flexibility index (Phi) is 5.51. The summed E-state index contributed by atoms with van der Waals surface area (Å²) in [7, 11) is 0. The summed E-state index contributed by atoms with van der Waals surface area (Å²) < 4.78 is 3.34. The summed E-state index contributed by atoms with van der Waals surface area (Å²) in [5, 5.41) is 20.5. The first-order chi connectivity index (χ1) is 15.0. The lowest BCUT2D eigenvalue weighted by Crippen LogP contribution is -2.63. The van der Waals surface area contributed by atoms with Crippen LogP contribution in [0.15, 0.2) is 23.2 Å². The second-order valence-corrected chi connectivity index (χ2v) is 9.89. The number of aliphatic carboxylic acids is 1. The number of carboxylic acids is 1. The Morgan fingerprint density at radius 3 is 2.56 bits per heavy atom. The van der Waals surface area contributed by atoms with Gasteiger partial charge in [-0.1, -0.05) is 30.0 Å². The molecule has 4 atom stereocenters. The topological polar surface area (TPSA) is 172 Å². The molecule has 3 amide bonds. The molecule has 0 aromatic carbocycles. The van der Waals surface area contributed by atoms with E-state index in [2.05, 4.69) is 0 Å². The number of β-lactam (4-membered cyclic amide) rings is 1. The largest absolute Gasteiger partial charge is 0.477 e. The van der Waals surface area contributed by atoms with Crippen molar-refractivity contribution in [2.24, 2.45) is 23.3 Å². The van der Waals surface area contributed by atoms with Crippen molar-refractivity contribution in [3.8, 4) is 0 Å². The van der Waals surface area contributed by atoms with E-state index in [0.29, 0.717) is 20.3 Å². The highest BCUT2D eigenvalue weighted by molar-refractivity contribution is 8.00.